The van der Waals surface area contributed by atoms with Crippen molar-refractivity contribution < 1.29 is 57.5 Å². The van der Waals surface area contributed by atoms with Crippen molar-refractivity contribution in [2.45, 2.75) is 185 Å². The van der Waals surface area contributed by atoms with E-state index in [0.29, 0.717) is 43.6 Å². The van der Waals surface area contributed by atoms with Gasteiger partial charge in [0.2, 0.25) is 70.9 Å². The molecule has 79 heavy (non-hydrogen) atoms. The van der Waals surface area contributed by atoms with Crippen LogP contribution in [0.2, 0.25) is 0 Å². The van der Waals surface area contributed by atoms with E-state index in [1.807, 2.05) is 6.26 Å². The van der Waals surface area contributed by atoms with Gasteiger partial charge in [0.1, 0.15) is 54.4 Å². The summed E-state index contributed by atoms with van der Waals surface area (Å²) in [6.45, 7) is 7.92. The first-order chi connectivity index (χ1) is 37.5. The van der Waals surface area contributed by atoms with Crippen LogP contribution in [0.15, 0.2) is 12.5 Å². The summed E-state index contributed by atoms with van der Waals surface area (Å²) >= 11 is 1.43. The first-order valence-corrected chi connectivity index (χ1v) is 28.6. The minimum atomic E-state index is -1.51. The summed E-state index contributed by atoms with van der Waals surface area (Å²) < 4.78 is 0. The van der Waals surface area contributed by atoms with Crippen molar-refractivity contribution in [3.8, 4) is 0 Å². The van der Waals surface area contributed by atoms with Crippen LogP contribution in [0, 0.1) is 11.8 Å². The fourth-order valence-electron chi connectivity index (χ4n) is 9.17. The molecule has 2 aliphatic rings. The molecule has 0 unspecified atom stereocenters. The molecule has 0 bridgehead atoms. The van der Waals surface area contributed by atoms with Crippen LogP contribution in [0.3, 0.4) is 0 Å². The minimum absolute atomic E-state index is 0.0736. The predicted octanol–water partition coefficient (Wildman–Crippen LogP) is -2.74. The number of hydrogen-bond acceptors (Lipinski definition) is 15. The lowest BCUT2D eigenvalue weighted by atomic mass is 9.96. The number of amides is 12. The highest BCUT2D eigenvalue weighted by atomic mass is 32.2. The summed E-state index contributed by atoms with van der Waals surface area (Å²) in [7, 11) is 0. The molecule has 442 valence electrons. The first kappa shape index (κ1) is 66.4. The molecular formula is C51H85N15O12S. The van der Waals surface area contributed by atoms with Gasteiger partial charge in [0, 0.05) is 38.2 Å². The lowest BCUT2D eigenvalue weighted by Gasteiger charge is -2.32. The topological polar surface area (TPSA) is 423 Å². The zero-order chi connectivity index (χ0) is 58.8. The van der Waals surface area contributed by atoms with Crippen LogP contribution in [0.5, 0.6) is 0 Å². The number of carbonyl (C=O) groups is 12. The average Bonchev–Trinajstić information content (AvgIpc) is 4.15. The molecule has 27 nitrogen and oxygen atoms in total. The zero-order valence-corrected chi connectivity index (χ0v) is 47.2. The summed E-state index contributed by atoms with van der Waals surface area (Å²) in [5.41, 5.74) is 17.4. The molecule has 0 aliphatic carbocycles. The molecule has 0 aromatic carbocycles. The van der Waals surface area contributed by atoms with E-state index in [1.165, 1.54) is 36.1 Å². The number of carbonyl (C=O) groups excluding carboxylic acids is 12. The Balaban J connectivity index is 2.19. The van der Waals surface area contributed by atoms with E-state index in [-0.39, 0.29) is 70.9 Å². The van der Waals surface area contributed by atoms with E-state index in [2.05, 4.69) is 57.8 Å². The van der Waals surface area contributed by atoms with Crippen LogP contribution in [0.25, 0.3) is 0 Å². The maximum atomic E-state index is 14.6. The van der Waals surface area contributed by atoms with Crippen LogP contribution in [-0.2, 0) is 64.0 Å². The SMILES string of the molecule is CC[C@H](C)[C@H](NC(=O)[C@@H]1CCCC[C@H](NC(=O)[C@H](CCSC)NC(C)=O)C(=O)N[C@@H]([C@@H](C)CC)C(=O)N[C@H](CCCCN)C(=O)N2CCC[C@H]2C(=O)N[C@@H](Cc2cnc[nH]2)C(=O)NCC(=O)N[C@@H](CCC(N)=O)C(=O)N1)C(N)=O. The number of thioether (sulfide) groups is 1. The molecule has 0 saturated carbocycles. The molecule has 1 aromatic rings. The fourth-order valence-corrected chi connectivity index (χ4v) is 9.64. The Morgan fingerprint density at radius 2 is 1.51 bits per heavy atom. The average molecular weight is 1130 g/mol. The molecule has 1 aromatic heterocycles. The Morgan fingerprint density at radius 1 is 0.797 bits per heavy atom. The Morgan fingerprint density at radius 3 is 2.13 bits per heavy atom. The number of hydrogen-bond donors (Lipinski definition) is 13. The Hall–Kier alpha value is -6.84. The van der Waals surface area contributed by atoms with Gasteiger partial charge < -0.3 is 74.9 Å². The van der Waals surface area contributed by atoms with Crippen molar-refractivity contribution in [2.75, 3.05) is 31.6 Å². The molecule has 16 N–H and O–H groups in total. The molecule has 28 heteroatoms. The van der Waals surface area contributed by atoms with Gasteiger partial charge in [-0.05, 0) is 88.2 Å². The number of H-pyrrole nitrogens is 1. The number of aromatic amines is 1. The second-order valence-electron chi connectivity index (χ2n) is 20.3. The third kappa shape index (κ3) is 22.1. The van der Waals surface area contributed by atoms with Crippen LogP contribution in [0.4, 0.5) is 0 Å². The number of rotatable bonds is 22. The maximum Gasteiger partial charge on any atom is 0.245 e. The molecule has 12 amide bonds. The maximum absolute atomic E-state index is 14.6. The van der Waals surface area contributed by atoms with Gasteiger partial charge in [0.25, 0.3) is 0 Å². The highest BCUT2D eigenvalue weighted by molar-refractivity contribution is 7.98. The van der Waals surface area contributed by atoms with E-state index in [4.69, 9.17) is 17.2 Å². The second kappa shape index (κ2) is 34.2. The van der Waals surface area contributed by atoms with Crippen LogP contribution in [-0.4, -0.2) is 172 Å². The van der Waals surface area contributed by atoms with Gasteiger partial charge in [-0.3, -0.25) is 57.5 Å². The van der Waals surface area contributed by atoms with E-state index in [1.54, 1.807) is 27.7 Å². The monoisotopic (exact) mass is 1130 g/mol. The lowest BCUT2D eigenvalue weighted by Crippen LogP contribution is -2.61. The molecule has 11 atom stereocenters. The van der Waals surface area contributed by atoms with E-state index < -0.39 is 150 Å². The standard InChI is InChI=1S/C51H85N15O12S/c1-7-28(3)41(43(54)70)64-47(74)32-14-9-10-15-33(61-46(73)35(20-23-79-6)58-30(5)67)48(75)65-42(29(4)8-2)50(77)62-36(16-11-12-21-52)51(78)66-22-13-17-38(66)49(76)63-37(24-31-25-55-27-57-31)44(71)56-26-40(69)59-34(45(72)60-32)18-19-39(53)68/h25,27-29,32-38,41-42H,7-24,26,52H2,1-6H3,(H2,53,68)(H2,54,70)(H,55,57)(H,56,71)(H,58,67)(H,59,69)(H,60,72)(H,61,73)(H,62,77)(H,63,76)(H,64,74)(H,65,75)/t28-,29-,32-,33-,34-,35-,36+,37-,38-,41-,42-/m0/s1. The number of unbranched alkanes of at least 4 members (excludes halogenated alkanes) is 1. The molecule has 3 rings (SSSR count). The van der Waals surface area contributed by atoms with Gasteiger partial charge in [-0.25, -0.2) is 4.98 Å². The number of imidazole rings is 1. The molecule has 0 radical (unpaired) electrons. The van der Waals surface area contributed by atoms with Crippen molar-refractivity contribution in [1.29, 1.82) is 0 Å². The smallest absolute Gasteiger partial charge is 0.245 e. The van der Waals surface area contributed by atoms with Gasteiger partial charge in [-0.1, -0.05) is 53.4 Å². The van der Waals surface area contributed by atoms with Gasteiger partial charge in [0.05, 0.1) is 12.9 Å². The highest BCUT2D eigenvalue weighted by Crippen LogP contribution is 2.22. The summed E-state index contributed by atoms with van der Waals surface area (Å²) in [4.78, 5) is 173. The predicted molar refractivity (Wildman–Crippen MR) is 292 cm³/mol. The lowest BCUT2D eigenvalue weighted by molar-refractivity contribution is -0.143. The first-order valence-electron chi connectivity index (χ1n) is 27.3. The fraction of sp³-hybridized carbons (Fsp3) is 0.706. The number of nitrogens with zero attached hydrogens (tertiary/aromatic N) is 2. The third-order valence-electron chi connectivity index (χ3n) is 14.2. The van der Waals surface area contributed by atoms with Crippen LogP contribution in [0.1, 0.15) is 130 Å². The number of aromatic nitrogens is 2. The summed E-state index contributed by atoms with van der Waals surface area (Å²) in [5, 5.41) is 23.9. The van der Waals surface area contributed by atoms with Gasteiger partial charge in [-0.15, -0.1) is 0 Å². The number of fused-ring (bicyclic) bond motifs is 1. The van der Waals surface area contributed by atoms with E-state index in [0.717, 1.165) is 0 Å². The van der Waals surface area contributed by atoms with Crippen molar-refractivity contribution in [2.24, 2.45) is 29.0 Å². The minimum Gasteiger partial charge on any atom is -0.370 e. The molecule has 0 spiro atoms. The Kier molecular flexibility index (Phi) is 28.8. The van der Waals surface area contributed by atoms with Crippen molar-refractivity contribution >= 4 is 82.6 Å². The normalized spacial score (nSPS) is 24.1. The highest BCUT2D eigenvalue weighted by Gasteiger charge is 2.41. The summed E-state index contributed by atoms with van der Waals surface area (Å²) in [5.74, 6) is -9.68. The number of nitrogens with one attached hydrogen (secondary N) is 10. The van der Waals surface area contributed by atoms with Gasteiger partial charge in [0.15, 0.2) is 0 Å². The van der Waals surface area contributed by atoms with Gasteiger partial charge in [-0.2, -0.15) is 11.8 Å². The summed E-state index contributed by atoms with van der Waals surface area (Å²) in [6.07, 6.45) is 6.24. The third-order valence-corrected chi connectivity index (χ3v) is 14.8. The molecule has 3 heterocycles. The molecule has 2 fully saturated rings. The van der Waals surface area contributed by atoms with Gasteiger partial charge >= 0.3 is 0 Å². The van der Waals surface area contributed by atoms with E-state index >= 15 is 0 Å². The van der Waals surface area contributed by atoms with Crippen molar-refractivity contribution in [3.05, 3.63) is 18.2 Å². The van der Waals surface area contributed by atoms with Crippen LogP contribution >= 0.6 is 11.8 Å². The van der Waals surface area contributed by atoms with Crippen molar-refractivity contribution in [1.82, 2.24) is 62.7 Å². The van der Waals surface area contributed by atoms with Crippen LogP contribution < -0.4 is 65.1 Å². The second-order valence-corrected chi connectivity index (χ2v) is 21.3. The van der Waals surface area contributed by atoms with Crippen molar-refractivity contribution in [3.63, 3.8) is 0 Å². The zero-order valence-electron chi connectivity index (χ0n) is 46.4. The molecule has 2 saturated heterocycles. The largest absolute Gasteiger partial charge is 0.370 e. The number of nitrogens with two attached hydrogens (primary N) is 3. The quantitative estimate of drug-likeness (QED) is 0.0524. The summed E-state index contributed by atoms with van der Waals surface area (Å²) in [6, 6.07) is -11.4. The van der Waals surface area contributed by atoms with E-state index in [9.17, 15) is 57.5 Å². The Labute approximate surface area is 465 Å². The number of primary amides is 2. The molecular weight excluding hydrogens is 1050 g/mol. The molecule has 2 aliphatic heterocycles. The Bertz CT molecular complexity index is 2260.